The second kappa shape index (κ2) is 9.98. The predicted octanol–water partition coefficient (Wildman–Crippen LogP) is 1.72. The normalized spacial score (nSPS) is 7.71. The number of hydrogen-bond acceptors (Lipinski definition) is 1. The average molecular weight is 167 g/mol. The fourth-order valence-corrected chi connectivity index (χ4v) is 0.556. The van der Waals surface area contributed by atoms with E-state index in [1.807, 2.05) is 0 Å². The van der Waals surface area contributed by atoms with Crippen LogP contribution in [0.1, 0.15) is 26.2 Å². The molecule has 0 aromatic heterocycles. The summed E-state index contributed by atoms with van der Waals surface area (Å²) in [6, 6.07) is 0. The van der Waals surface area contributed by atoms with Crippen molar-refractivity contribution in [2.75, 3.05) is 5.75 Å². The van der Waals surface area contributed by atoms with Crippen molar-refractivity contribution in [3.63, 3.8) is 0 Å². The molecule has 0 spiro atoms. The first-order valence-corrected chi connectivity index (χ1v) is 3.07. The maximum atomic E-state index is 4.72. The molecule has 0 radical (unpaired) electrons. The van der Waals surface area contributed by atoms with Gasteiger partial charge in [-0.05, 0) is 0 Å². The van der Waals surface area contributed by atoms with Gasteiger partial charge in [0.1, 0.15) is 0 Å². The Morgan fingerprint density at radius 1 is 1.29 bits per heavy atom. The maximum Gasteiger partial charge on any atom is 1.00 e. The minimum Gasteiger partial charge on any atom is -0.793 e. The molecular weight excluding hydrogens is 156 g/mol. The summed E-state index contributed by atoms with van der Waals surface area (Å²) in [5.74, 6) is 0.938. The van der Waals surface area contributed by atoms with E-state index >= 15 is 0 Å². The quantitative estimate of drug-likeness (QED) is 0.350. The van der Waals surface area contributed by atoms with Crippen molar-refractivity contribution < 1.29 is 17.1 Å². The van der Waals surface area contributed by atoms with E-state index in [1.165, 1.54) is 19.3 Å². The van der Waals surface area contributed by atoms with Crippen LogP contribution in [0.4, 0.5) is 0 Å². The van der Waals surface area contributed by atoms with Crippen LogP contribution < -0.4 is 0 Å². The van der Waals surface area contributed by atoms with Crippen LogP contribution in [0.5, 0.6) is 0 Å². The first-order chi connectivity index (χ1) is 2.91. The molecule has 0 aromatic carbocycles. The molecule has 0 aromatic rings. The van der Waals surface area contributed by atoms with Crippen LogP contribution in [0.25, 0.3) is 0 Å². The van der Waals surface area contributed by atoms with Crippen LogP contribution in [0.2, 0.25) is 0 Å². The summed E-state index contributed by atoms with van der Waals surface area (Å²) in [6.45, 7) is 2.19. The Labute approximate surface area is 61.9 Å². The van der Waals surface area contributed by atoms with Gasteiger partial charge >= 0.3 is 17.1 Å². The van der Waals surface area contributed by atoms with Gasteiger partial charge in [-0.2, -0.15) is 5.75 Å². The molecule has 0 N–H and O–H groups in total. The van der Waals surface area contributed by atoms with E-state index < -0.39 is 0 Å². The van der Waals surface area contributed by atoms with Crippen LogP contribution in [0, 0.1) is 0 Å². The standard InChI is InChI=1S/C5H12S.Cu/c1-2-3-4-5-6;/h6H,2-5H2,1H3;/q;+1/p-1. The third-order valence-electron chi connectivity index (χ3n) is 0.748. The molecule has 0 bridgehead atoms. The van der Waals surface area contributed by atoms with Gasteiger partial charge < -0.3 is 12.6 Å². The molecule has 0 atom stereocenters. The molecule has 0 heterocycles. The van der Waals surface area contributed by atoms with Gasteiger partial charge in [0, 0.05) is 0 Å². The van der Waals surface area contributed by atoms with Crippen LogP contribution in [0.15, 0.2) is 0 Å². The predicted molar refractivity (Wildman–Crippen MR) is 31.8 cm³/mol. The summed E-state index contributed by atoms with van der Waals surface area (Å²) in [5, 5.41) is 0. The average Bonchev–Trinajstić information content (AvgIpc) is 1.61. The van der Waals surface area contributed by atoms with Gasteiger partial charge in [-0.1, -0.05) is 26.2 Å². The summed E-state index contributed by atoms with van der Waals surface area (Å²) >= 11 is 4.72. The minimum absolute atomic E-state index is 0. The second-order valence-electron chi connectivity index (χ2n) is 1.41. The SMILES string of the molecule is CCCCC[S-].[Cu+]. The summed E-state index contributed by atoms with van der Waals surface area (Å²) in [5.41, 5.74) is 0. The molecule has 0 saturated carbocycles. The van der Waals surface area contributed by atoms with E-state index in [4.69, 9.17) is 12.6 Å². The van der Waals surface area contributed by atoms with E-state index in [9.17, 15) is 0 Å². The third-order valence-corrected chi connectivity index (χ3v) is 1.04. The molecule has 0 unspecified atom stereocenters. The molecule has 7 heavy (non-hydrogen) atoms. The number of hydrogen-bond donors (Lipinski definition) is 0. The van der Waals surface area contributed by atoms with Gasteiger partial charge in [0.25, 0.3) is 0 Å². The first kappa shape index (κ1) is 10.8. The Balaban J connectivity index is 0. The van der Waals surface area contributed by atoms with E-state index in [1.54, 1.807) is 0 Å². The van der Waals surface area contributed by atoms with E-state index in [-0.39, 0.29) is 17.1 Å². The largest absolute Gasteiger partial charge is 1.00 e. The molecule has 0 amide bonds. The Kier molecular flexibility index (Phi) is 15.4. The number of unbranched alkanes of at least 4 members (excludes halogenated alkanes) is 2. The molecule has 0 aliphatic rings. The van der Waals surface area contributed by atoms with E-state index in [0.717, 1.165) is 5.75 Å². The van der Waals surface area contributed by atoms with Crippen LogP contribution in [0.3, 0.4) is 0 Å². The van der Waals surface area contributed by atoms with Crippen LogP contribution >= 0.6 is 0 Å². The zero-order valence-corrected chi connectivity index (χ0v) is 6.30. The summed E-state index contributed by atoms with van der Waals surface area (Å²) in [4.78, 5) is 0. The van der Waals surface area contributed by atoms with Gasteiger partial charge in [-0.25, -0.2) is 0 Å². The number of rotatable bonds is 3. The van der Waals surface area contributed by atoms with Crippen LogP contribution in [-0.4, -0.2) is 5.75 Å². The fourth-order valence-electron chi connectivity index (χ4n) is 0.352. The monoisotopic (exact) mass is 166 g/mol. The Morgan fingerprint density at radius 3 is 2.00 bits per heavy atom. The van der Waals surface area contributed by atoms with Crippen molar-refractivity contribution in [3.05, 3.63) is 0 Å². The molecule has 0 saturated heterocycles. The van der Waals surface area contributed by atoms with Crippen molar-refractivity contribution >= 4 is 12.6 Å². The topological polar surface area (TPSA) is 0 Å². The van der Waals surface area contributed by atoms with Crippen molar-refractivity contribution in [2.45, 2.75) is 26.2 Å². The Bertz CT molecular complexity index is 20.0. The molecule has 0 aliphatic carbocycles. The van der Waals surface area contributed by atoms with Crippen molar-refractivity contribution in [1.29, 1.82) is 0 Å². The molecular formula is C5H11CuS. The molecule has 2 heteroatoms. The molecule has 0 rings (SSSR count). The van der Waals surface area contributed by atoms with Crippen LogP contribution in [-0.2, 0) is 29.7 Å². The molecule has 0 nitrogen and oxygen atoms in total. The van der Waals surface area contributed by atoms with Crippen molar-refractivity contribution in [1.82, 2.24) is 0 Å². The van der Waals surface area contributed by atoms with Gasteiger partial charge in [0.05, 0.1) is 0 Å². The zero-order valence-electron chi connectivity index (χ0n) is 4.54. The first-order valence-electron chi connectivity index (χ1n) is 2.50. The fraction of sp³-hybridized carbons (Fsp3) is 1.00. The maximum absolute atomic E-state index is 4.72. The smallest absolute Gasteiger partial charge is 0.793 e. The molecule has 0 aliphatic heterocycles. The Morgan fingerprint density at radius 2 is 1.86 bits per heavy atom. The van der Waals surface area contributed by atoms with Crippen molar-refractivity contribution in [3.8, 4) is 0 Å². The third kappa shape index (κ3) is 10.9. The van der Waals surface area contributed by atoms with Crippen molar-refractivity contribution in [2.24, 2.45) is 0 Å². The zero-order chi connectivity index (χ0) is 4.83. The molecule has 48 valence electrons. The minimum atomic E-state index is 0. The van der Waals surface area contributed by atoms with Gasteiger partial charge in [-0.15, -0.1) is 0 Å². The summed E-state index contributed by atoms with van der Waals surface area (Å²) in [6.07, 6.45) is 3.83. The Hall–Kier alpha value is 0.869. The second-order valence-corrected chi connectivity index (χ2v) is 1.82. The van der Waals surface area contributed by atoms with E-state index in [2.05, 4.69) is 6.92 Å². The molecule has 0 fully saturated rings. The summed E-state index contributed by atoms with van der Waals surface area (Å²) < 4.78 is 0. The summed E-state index contributed by atoms with van der Waals surface area (Å²) in [7, 11) is 0. The van der Waals surface area contributed by atoms with Gasteiger partial charge in [0.15, 0.2) is 0 Å². The van der Waals surface area contributed by atoms with Gasteiger partial charge in [0.2, 0.25) is 0 Å². The van der Waals surface area contributed by atoms with Gasteiger partial charge in [-0.3, -0.25) is 0 Å². The van der Waals surface area contributed by atoms with E-state index in [0.29, 0.717) is 0 Å².